The summed E-state index contributed by atoms with van der Waals surface area (Å²) in [6, 6.07) is 12.0. The summed E-state index contributed by atoms with van der Waals surface area (Å²) in [6.45, 7) is 6.44. The fourth-order valence-corrected chi connectivity index (χ4v) is 4.11. The van der Waals surface area contributed by atoms with E-state index < -0.39 is 0 Å². The highest BCUT2D eigenvalue weighted by atomic mass is 79.9. The molecule has 1 N–H and O–H groups in total. The second-order valence-corrected chi connectivity index (χ2v) is 8.74. The first-order chi connectivity index (χ1) is 14.0. The van der Waals surface area contributed by atoms with Gasteiger partial charge in [-0.3, -0.25) is 5.43 Å². The number of rotatable bonds is 8. The van der Waals surface area contributed by atoms with Gasteiger partial charge in [-0.2, -0.15) is 5.10 Å². The van der Waals surface area contributed by atoms with Crippen LogP contribution in [0.5, 0.6) is 11.5 Å². The number of hydrazone groups is 1. The minimum absolute atomic E-state index is 0.0299. The van der Waals surface area contributed by atoms with E-state index in [1.807, 2.05) is 62.5 Å². The van der Waals surface area contributed by atoms with Crippen molar-refractivity contribution in [2.45, 2.75) is 26.9 Å². The van der Waals surface area contributed by atoms with Crippen LogP contribution in [0.2, 0.25) is 0 Å². The Morgan fingerprint density at radius 1 is 1.21 bits per heavy atom. The number of benzene rings is 2. The van der Waals surface area contributed by atoms with Crippen LogP contribution in [0, 0.1) is 0 Å². The van der Waals surface area contributed by atoms with Crippen LogP contribution in [-0.2, 0) is 0 Å². The third-order valence-electron chi connectivity index (χ3n) is 3.75. The molecular formula is C21H21Br2N3O2S. The van der Waals surface area contributed by atoms with Crippen molar-refractivity contribution in [1.82, 2.24) is 4.98 Å². The molecule has 152 valence electrons. The van der Waals surface area contributed by atoms with Gasteiger partial charge in [0.1, 0.15) is 0 Å². The summed E-state index contributed by atoms with van der Waals surface area (Å²) >= 11 is 8.72. The van der Waals surface area contributed by atoms with Crippen LogP contribution in [0.4, 0.5) is 5.13 Å². The quantitative estimate of drug-likeness (QED) is 0.248. The lowest BCUT2D eigenvalue weighted by Crippen LogP contribution is -2.09. The van der Waals surface area contributed by atoms with Crippen LogP contribution in [0.15, 0.2) is 55.8 Å². The molecule has 0 saturated heterocycles. The average Bonchev–Trinajstić information content (AvgIpc) is 3.18. The Morgan fingerprint density at radius 3 is 2.66 bits per heavy atom. The van der Waals surface area contributed by atoms with Gasteiger partial charge < -0.3 is 9.47 Å². The largest absolute Gasteiger partial charge is 0.490 e. The lowest BCUT2D eigenvalue weighted by Gasteiger charge is -2.18. The topological polar surface area (TPSA) is 55.7 Å². The van der Waals surface area contributed by atoms with E-state index in [9.17, 15) is 0 Å². The van der Waals surface area contributed by atoms with E-state index in [0.29, 0.717) is 18.1 Å². The highest BCUT2D eigenvalue weighted by Crippen LogP contribution is 2.43. The molecule has 0 spiro atoms. The van der Waals surface area contributed by atoms with Gasteiger partial charge >= 0.3 is 0 Å². The number of hydrogen-bond donors (Lipinski definition) is 1. The van der Waals surface area contributed by atoms with E-state index in [-0.39, 0.29) is 6.10 Å². The number of thiazole rings is 1. The Morgan fingerprint density at radius 2 is 1.97 bits per heavy atom. The molecule has 1 aromatic heterocycles. The van der Waals surface area contributed by atoms with Gasteiger partial charge in [0.25, 0.3) is 0 Å². The lowest BCUT2D eigenvalue weighted by atomic mass is 10.2. The number of nitrogens with one attached hydrogen (secondary N) is 1. The van der Waals surface area contributed by atoms with Crippen molar-refractivity contribution in [1.29, 1.82) is 0 Å². The number of hydrogen-bond acceptors (Lipinski definition) is 6. The SMILES string of the molecule is CCOc1cc(C=NNc2nc(-c3ccccc3)cs2)c(Br)c(Br)c1OC(C)C. The van der Waals surface area contributed by atoms with E-state index >= 15 is 0 Å². The monoisotopic (exact) mass is 537 g/mol. The van der Waals surface area contributed by atoms with Gasteiger partial charge in [-0.25, -0.2) is 4.98 Å². The van der Waals surface area contributed by atoms with E-state index in [1.165, 1.54) is 11.3 Å². The molecule has 0 aliphatic rings. The van der Waals surface area contributed by atoms with Crippen LogP contribution in [0.1, 0.15) is 26.3 Å². The summed E-state index contributed by atoms with van der Waals surface area (Å²) in [7, 11) is 0. The van der Waals surface area contributed by atoms with Crippen molar-refractivity contribution in [3.63, 3.8) is 0 Å². The molecule has 0 saturated carbocycles. The average molecular weight is 539 g/mol. The van der Waals surface area contributed by atoms with E-state index in [1.54, 1.807) is 6.21 Å². The lowest BCUT2D eigenvalue weighted by molar-refractivity contribution is 0.222. The fraction of sp³-hybridized carbons (Fsp3) is 0.238. The first-order valence-corrected chi connectivity index (χ1v) is 11.6. The van der Waals surface area contributed by atoms with E-state index in [2.05, 4.69) is 47.4 Å². The van der Waals surface area contributed by atoms with E-state index in [4.69, 9.17) is 9.47 Å². The molecule has 0 unspecified atom stereocenters. The van der Waals surface area contributed by atoms with Gasteiger partial charge in [0.15, 0.2) is 11.5 Å². The van der Waals surface area contributed by atoms with Gasteiger partial charge in [0, 0.05) is 21.0 Å². The maximum absolute atomic E-state index is 5.91. The molecule has 0 radical (unpaired) electrons. The molecule has 29 heavy (non-hydrogen) atoms. The summed E-state index contributed by atoms with van der Waals surface area (Å²) < 4.78 is 13.3. The molecule has 0 aliphatic carbocycles. The van der Waals surface area contributed by atoms with Crippen molar-refractivity contribution >= 4 is 54.5 Å². The molecule has 0 bridgehead atoms. The van der Waals surface area contributed by atoms with Crippen LogP contribution in [0.25, 0.3) is 11.3 Å². The zero-order valence-electron chi connectivity index (χ0n) is 16.3. The standard InChI is InChI=1S/C21H21Br2N3O2S/c1-4-27-17-10-15(18(22)19(23)20(17)28-13(2)3)11-24-26-21-25-16(12-29-21)14-8-6-5-7-9-14/h5-13H,4H2,1-3H3,(H,25,26). The molecule has 3 aromatic rings. The van der Waals surface area contributed by atoms with E-state index in [0.717, 1.165) is 30.9 Å². The van der Waals surface area contributed by atoms with Crippen molar-refractivity contribution in [3.05, 3.63) is 56.3 Å². The highest BCUT2D eigenvalue weighted by molar-refractivity contribution is 9.13. The van der Waals surface area contributed by atoms with Crippen molar-refractivity contribution in [3.8, 4) is 22.8 Å². The maximum Gasteiger partial charge on any atom is 0.203 e. The van der Waals surface area contributed by atoms with Gasteiger partial charge in [0.05, 0.1) is 29.1 Å². The minimum Gasteiger partial charge on any atom is -0.490 e. The molecule has 0 aliphatic heterocycles. The van der Waals surface area contributed by atoms with Gasteiger partial charge in [-0.15, -0.1) is 11.3 Å². The van der Waals surface area contributed by atoms with Crippen LogP contribution in [-0.4, -0.2) is 23.9 Å². The Hall–Kier alpha value is -1.90. The molecule has 0 amide bonds. The molecule has 8 heteroatoms. The number of halogens is 2. The number of ether oxygens (including phenoxy) is 2. The second kappa shape index (κ2) is 10.2. The first-order valence-electron chi connectivity index (χ1n) is 9.11. The van der Waals surface area contributed by atoms with Crippen LogP contribution < -0.4 is 14.9 Å². The third-order valence-corrected chi connectivity index (χ3v) is 6.64. The fourth-order valence-electron chi connectivity index (χ4n) is 2.53. The first kappa shape index (κ1) is 21.8. The summed E-state index contributed by atoms with van der Waals surface area (Å²) in [6.07, 6.45) is 1.75. The Labute approximate surface area is 191 Å². The van der Waals surface area contributed by atoms with Crippen LogP contribution >= 0.6 is 43.2 Å². The second-order valence-electron chi connectivity index (χ2n) is 6.29. The van der Waals surface area contributed by atoms with Crippen LogP contribution in [0.3, 0.4) is 0 Å². The zero-order chi connectivity index (χ0) is 20.8. The Balaban J connectivity index is 1.79. The number of anilines is 1. The third kappa shape index (κ3) is 5.58. The Kier molecular flexibility index (Phi) is 7.69. The summed E-state index contributed by atoms with van der Waals surface area (Å²) in [5.41, 5.74) is 5.85. The number of aromatic nitrogens is 1. The Bertz CT molecular complexity index is 991. The van der Waals surface area contributed by atoms with Gasteiger partial charge in [0.2, 0.25) is 5.13 Å². The van der Waals surface area contributed by atoms with Crippen molar-refractivity contribution in [2.75, 3.05) is 12.0 Å². The molecule has 0 fully saturated rings. The molecule has 1 heterocycles. The maximum atomic E-state index is 5.91. The zero-order valence-corrected chi connectivity index (χ0v) is 20.3. The normalized spacial score (nSPS) is 11.2. The predicted molar refractivity (Wildman–Crippen MR) is 128 cm³/mol. The molecule has 2 aromatic carbocycles. The van der Waals surface area contributed by atoms with Crippen molar-refractivity contribution in [2.24, 2.45) is 5.10 Å². The van der Waals surface area contributed by atoms with Gasteiger partial charge in [-0.05, 0) is 58.7 Å². The minimum atomic E-state index is 0.0299. The number of nitrogens with zero attached hydrogens (tertiary/aromatic N) is 2. The molecule has 3 rings (SSSR count). The highest BCUT2D eigenvalue weighted by Gasteiger charge is 2.18. The summed E-state index contributed by atoms with van der Waals surface area (Å²) in [4.78, 5) is 4.57. The molecule has 5 nitrogen and oxygen atoms in total. The van der Waals surface area contributed by atoms with Gasteiger partial charge in [-0.1, -0.05) is 30.3 Å². The predicted octanol–water partition coefficient (Wildman–Crippen LogP) is 6.97. The smallest absolute Gasteiger partial charge is 0.203 e. The molecular weight excluding hydrogens is 518 g/mol. The summed E-state index contributed by atoms with van der Waals surface area (Å²) in [5.74, 6) is 1.34. The summed E-state index contributed by atoms with van der Waals surface area (Å²) in [5, 5.41) is 7.07. The molecule has 0 atom stereocenters. The van der Waals surface area contributed by atoms with Crippen molar-refractivity contribution < 1.29 is 9.47 Å².